The number of carboxylic acid groups (broad SMARTS) is 1. The minimum Gasteiger partial charge on any atom is -0.465 e. The first kappa shape index (κ1) is 22.8. The Labute approximate surface area is 212 Å². The molecule has 5 heterocycles. The maximum absolute atomic E-state index is 13.3. The summed E-state index contributed by atoms with van der Waals surface area (Å²) in [5, 5.41) is 18.0. The van der Waals surface area contributed by atoms with Gasteiger partial charge < -0.3 is 19.9 Å². The van der Waals surface area contributed by atoms with Crippen LogP contribution in [0.2, 0.25) is 5.15 Å². The number of carbonyl (C=O) groups is 2. The quantitative estimate of drug-likeness (QED) is 0.385. The Bertz CT molecular complexity index is 1500. The number of hydrogen-bond acceptors (Lipinski definition) is 4. The highest BCUT2D eigenvalue weighted by Gasteiger charge is 2.28. The third-order valence-electron chi connectivity index (χ3n) is 7.30. The number of rotatable bonds is 5. The predicted molar refractivity (Wildman–Crippen MR) is 136 cm³/mol. The van der Waals surface area contributed by atoms with Crippen LogP contribution in [0.25, 0.3) is 27.8 Å². The van der Waals surface area contributed by atoms with Gasteiger partial charge in [-0.2, -0.15) is 5.10 Å². The molecule has 0 radical (unpaired) electrons. The van der Waals surface area contributed by atoms with Crippen LogP contribution in [0, 0.1) is 12.8 Å². The van der Waals surface area contributed by atoms with Crippen LogP contribution in [-0.2, 0) is 6.54 Å². The maximum atomic E-state index is 13.3. The van der Waals surface area contributed by atoms with Crippen LogP contribution in [-0.4, -0.2) is 60.3 Å². The molecule has 4 aromatic rings. The van der Waals surface area contributed by atoms with Gasteiger partial charge in [-0.25, -0.2) is 14.3 Å². The van der Waals surface area contributed by atoms with Gasteiger partial charge in [-0.15, -0.1) is 0 Å². The van der Waals surface area contributed by atoms with Crippen LogP contribution in [0.4, 0.5) is 4.79 Å². The molecule has 1 saturated carbocycles. The molecule has 0 bridgehead atoms. The van der Waals surface area contributed by atoms with Gasteiger partial charge in [-0.05, 0) is 62.8 Å². The highest BCUT2D eigenvalue weighted by atomic mass is 35.5. The van der Waals surface area contributed by atoms with E-state index >= 15 is 0 Å². The number of pyridine rings is 2. The third kappa shape index (κ3) is 4.07. The number of carbonyl (C=O) groups excluding carboxylic acids is 1. The van der Waals surface area contributed by atoms with E-state index in [0.717, 1.165) is 52.8 Å². The molecule has 1 saturated heterocycles. The topological polar surface area (TPSA) is 105 Å². The number of nitrogens with one attached hydrogen (secondary N) is 1. The van der Waals surface area contributed by atoms with Gasteiger partial charge in [0.15, 0.2) is 5.15 Å². The van der Waals surface area contributed by atoms with Crippen LogP contribution in [0.1, 0.15) is 41.6 Å². The second kappa shape index (κ2) is 8.81. The zero-order valence-electron chi connectivity index (χ0n) is 19.9. The fourth-order valence-electron chi connectivity index (χ4n) is 5.30. The number of aryl methyl sites for hydroxylation is 1. The number of halogens is 1. The fraction of sp³-hybridized carbons (Fsp3) is 0.385. The summed E-state index contributed by atoms with van der Waals surface area (Å²) < 4.78 is 4.01. The highest BCUT2D eigenvalue weighted by Crippen LogP contribution is 2.38. The average molecular weight is 507 g/mol. The summed E-state index contributed by atoms with van der Waals surface area (Å²) in [4.78, 5) is 30.3. The number of hydrogen-bond donors (Lipinski definition) is 2. The smallest absolute Gasteiger partial charge is 0.404 e. The van der Waals surface area contributed by atoms with E-state index < -0.39 is 6.09 Å². The van der Waals surface area contributed by atoms with E-state index in [9.17, 15) is 9.59 Å². The lowest BCUT2D eigenvalue weighted by Crippen LogP contribution is -2.49. The predicted octanol–water partition coefficient (Wildman–Crippen LogP) is 4.60. The molecule has 6 rings (SSSR count). The van der Waals surface area contributed by atoms with Crippen LogP contribution in [0.15, 0.2) is 36.7 Å². The molecule has 10 heteroatoms. The second-order valence-corrected chi connectivity index (χ2v) is 10.2. The molecule has 2 N–H and O–H groups in total. The zero-order chi connectivity index (χ0) is 25.0. The first-order chi connectivity index (χ1) is 17.4. The molecule has 9 nitrogen and oxygen atoms in total. The number of amides is 2. The molecule has 2 fully saturated rings. The first-order valence-corrected chi connectivity index (χ1v) is 12.7. The fourth-order valence-corrected chi connectivity index (χ4v) is 5.56. The highest BCUT2D eigenvalue weighted by molar-refractivity contribution is 6.34. The summed E-state index contributed by atoms with van der Waals surface area (Å²) in [6.07, 6.45) is 6.34. The molecule has 36 heavy (non-hydrogen) atoms. The molecule has 186 valence electrons. The molecule has 0 aromatic carbocycles. The Hall–Kier alpha value is -3.59. The lowest BCUT2D eigenvalue weighted by atomic mass is 10.0. The number of nitrogens with zero attached hydrogens (tertiary/aromatic N) is 5. The van der Waals surface area contributed by atoms with Crippen LogP contribution < -0.4 is 5.32 Å². The number of piperidine rings is 1. The molecule has 2 amide bonds. The van der Waals surface area contributed by atoms with Crippen molar-refractivity contribution in [2.24, 2.45) is 5.92 Å². The minimum atomic E-state index is -1.06. The lowest BCUT2D eigenvalue weighted by Gasteiger charge is -2.32. The van der Waals surface area contributed by atoms with Gasteiger partial charge in [0.2, 0.25) is 0 Å². The summed E-state index contributed by atoms with van der Waals surface area (Å²) in [6, 6.07) is 7.59. The van der Waals surface area contributed by atoms with E-state index in [1.807, 2.05) is 25.1 Å². The minimum absolute atomic E-state index is 0.121. The monoisotopic (exact) mass is 506 g/mol. The molecular weight excluding hydrogens is 480 g/mol. The van der Waals surface area contributed by atoms with Crippen molar-refractivity contribution in [2.45, 2.75) is 45.2 Å². The van der Waals surface area contributed by atoms with E-state index in [2.05, 4.69) is 20.9 Å². The largest absolute Gasteiger partial charge is 0.465 e. The Morgan fingerprint density at radius 2 is 2.06 bits per heavy atom. The molecule has 2 aliphatic rings. The van der Waals surface area contributed by atoms with Gasteiger partial charge >= 0.3 is 6.09 Å². The third-order valence-corrected chi connectivity index (χ3v) is 7.58. The SMILES string of the molecule is Cc1c(-c2cc3ccnc(Cl)c3n2CC2CC2)nn2cc(C(=O)N3CCC[C@@H](NC(=O)O)C3)ccc12. The number of likely N-dealkylation sites (tertiary alicyclic amines) is 1. The number of aromatic nitrogens is 4. The van der Waals surface area contributed by atoms with E-state index in [4.69, 9.17) is 21.8 Å². The van der Waals surface area contributed by atoms with Crippen LogP contribution in [0.3, 0.4) is 0 Å². The van der Waals surface area contributed by atoms with Crippen molar-refractivity contribution < 1.29 is 14.7 Å². The van der Waals surface area contributed by atoms with Crippen molar-refractivity contribution in [3.05, 3.63) is 52.9 Å². The van der Waals surface area contributed by atoms with Gasteiger partial charge in [-0.3, -0.25) is 4.79 Å². The summed E-state index contributed by atoms with van der Waals surface area (Å²) in [5.41, 5.74) is 5.27. The van der Waals surface area contributed by atoms with Crippen LogP contribution >= 0.6 is 11.6 Å². The van der Waals surface area contributed by atoms with Crippen molar-refractivity contribution in [2.75, 3.05) is 13.1 Å². The molecular formula is C26H27ClN6O3. The van der Waals surface area contributed by atoms with Gasteiger partial charge in [0.1, 0.15) is 5.69 Å². The Kier molecular flexibility index (Phi) is 5.59. The Morgan fingerprint density at radius 3 is 2.83 bits per heavy atom. The molecule has 1 aliphatic heterocycles. The molecule has 4 aromatic heterocycles. The Morgan fingerprint density at radius 1 is 1.22 bits per heavy atom. The summed E-state index contributed by atoms with van der Waals surface area (Å²) in [7, 11) is 0. The van der Waals surface area contributed by atoms with Gasteiger partial charge in [0.05, 0.1) is 22.3 Å². The van der Waals surface area contributed by atoms with E-state index in [-0.39, 0.29) is 11.9 Å². The molecule has 1 aliphatic carbocycles. The van der Waals surface area contributed by atoms with Crippen molar-refractivity contribution >= 4 is 40.0 Å². The van der Waals surface area contributed by atoms with Crippen molar-refractivity contribution in [1.82, 2.24) is 29.4 Å². The Balaban J connectivity index is 1.36. The number of fused-ring (bicyclic) bond motifs is 2. The summed E-state index contributed by atoms with van der Waals surface area (Å²) >= 11 is 6.52. The van der Waals surface area contributed by atoms with Gasteiger partial charge in [0.25, 0.3) is 5.91 Å². The van der Waals surface area contributed by atoms with E-state index in [0.29, 0.717) is 29.7 Å². The maximum Gasteiger partial charge on any atom is 0.404 e. The second-order valence-electron chi connectivity index (χ2n) is 9.88. The lowest BCUT2D eigenvalue weighted by molar-refractivity contribution is 0.0691. The van der Waals surface area contributed by atoms with Gasteiger partial charge in [-0.1, -0.05) is 11.6 Å². The average Bonchev–Trinajstić information content (AvgIpc) is 3.52. The van der Waals surface area contributed by atoms with Crippen LogP contribution in [0.5, 0.6) is 0 Å². The standard InChI is InChI=1S/C26H27ClN6O3/c1-15-20-7-6-18(25(34)31-10-2-3-19(14-31)29-26(35)36)13-33(20)30-22(15)21-11-17-8-9-28-24(27)23(17)32(21)12-16-4-5-16/h6-9,11,13,16,19,29H,2-5,10,12,14H2,1H3,(H,35,36)/t19-/m1/s1. The first-order valence-electron chi connectivity index (χ1n) is 12.3. The molecule has 0 unspecified atom stereocenters. The van der Waals surface area contributed by atoms with Crippen molar-refractivity contribution in [3.8, 4) is 11.4 Å². The van der Waals surface area contributed by atoms with E-state index in [1.165, 1.54) is 12.8 Å². The van der Waals surface area contributed by atoms with E-state index in [1.54, 1.807) is 21.8 Å². The summed E-state index contributed by atoms with van der Waals surface area (Å²) in [6.45, 7) is 3.89. The molecule has 0 spiro atoms. The van der Waals surface area contributed by atoms with Crippen molar-refractivity contribution in [3.63, 3.8) is 0 Å². The van der Waals surface area contributed by atoms with Gasteiger partial charge in [0, 0.05) is 49.0 Å². The zero-order valence-corrected chi connectivity index (χ0v) is 20.7. The van der Waals surface area contributed by atoms with Crippen molar-refractivity contribution in [1.29, 1.82) is 0 Å². The normalized spacial score (nSPS) is 18.2. The molecule has 1 atom stereocenters. The summed E-state index contributed by atoms with van der Waals surface area (Å²) in [5.74, 6) is 0.519.